The molecule has 0 atom stereocenters. The van der Waals surface area contributed by atoms with E-state index in [0.717, 1.165) is 30.5 Å². The number of carbonyl (C=O) groups is 1. The highest BCUT2D eigenvalue weighted by Gasteiger charge is 2.33. The lowest BCUT2D eigenvalue weighted by molar-refractivity contribution is -0.937. The fourth-order valence-electron chi connectivity index (χ4n) is 5.03. The number of benzene rings is 2. The molecule has 2 aromatic rings. The average Bonchev–Trinajstić information content (AvgIpc) is 3.13. The molecular formula is C24H30NO+. The van der Waals surface area contributed by atoms with Crippen LogP contribution in [0.2, 0.25) is 0 Å². The van der Waals surface area contributed by atoms with Crippen molar-refractivity contribution in [1.82, 2.24) is 0 Å². The number of Topliss-reactive ketones (excluding diaryl/α,β-unsaturated/α-hetero) is 1. The van der Waals surface area contributed by atoms with Crippen molar-refractivity contribution in [2.75, 3.05) is 19.6 Å². The fraction of sp³-hybridized carbons (Fsp3) is 0.458. The minimum Gasteiger partial charge on any atom is -0.314 e. The van der Waals surface area contributed by atoms with E-state index in [-0.39, 0.29) is 0 Å². The van der Waals surface area contributed by atoms with Gasteiger partial charge in [0.05, 0.1) is 13.1 Å². The van der Waals surface area contributed by atoms with Gasteiger partial charge in [-0.15, -0.1) is 0 Å². The second-order valence-corrected chi connectivity index (χ2v) is 8.28. The van der Waals surface area contributed by atoms with Crippen LogP contribution >= 0.6 is 0 Å². The number of likely N-dealkylation sites (tertiary alicyclic amines) is 1. The third kappa shape index (κ3) is 3.91. The van der Waals surface area contributed by atoms with Gasteiger partial charge in [0.25, 0.3) is 0 Å². The van der Waals surface area contributed by atoms with Crippen LogP contribution in [0.3, 0.4) is 0 Å². The van der Waals surface area contributed by atoms with Crippen LogP contribution in [0.4, 0.5) is 0 Å². The maximum atomic E-state index is 13.1. The van der Waals surface area contributed by atoms with Crippen molar-refractivity contribution in [2.24, 2.45) is 0 Å². The Labute approximate surface area is 157 Å². The molecule has 136 valence electrons. The molecule has 4 rings (SSSR count). The molecule has 0 amide bonds. The van der Waals surface area contributed by atoms with Gasteiger partial charge in [0, 0.05) is 12.0 Å². The Kier molecular flexibility index (Phi) is 5.21. The predicted molar refractivity (Wildman–Crippen MR) is 106 cm³/mol. The molecule has 1 saturated heterocycles. The first-order valence-electron chi connectivity index (χ1n) is 10.2. The molecule has 0 spiro atoms. The minimum atomic E-state index is 0.420. The van der Waals surface area contributed by atoms with Crippen LogP contribution in [0.1, 0.15) is 47.9 Å². The number of quaternary nitrogens is 1. The van der Waals surface area contributed by atoms with E-state index in [1.807, 2.05) is 0 Å². The van der Waals surface area contributed by atoms with Crippen LogP contribution in [0.15, 0.2) is 48.5 Å². The van der Waals surface area contributed by atoms with Gasteiger partial charge in [-0.25, -0.2) is 0 Å². The summed E-state index contributed by atoms with van der Waals surface area (Å²) in [7, 11) is 0. The van der Waals surface area contributed by atoms with Gasteiger partial charge < -0.3 is 4.48 Å². The van der Waals surface area contributed by atoms with E-state index in [0.29, 0.717) is 18.7 Å². The predicted octanol–water partition coefficient (Wildman–Crippen LogP) is 4.49. The van der Waals surface area contributed by atoms with Gasteiger partial charge >= 0.3 is 0 Å². The van der Waals surface area contributed by atoms with Gasteiger partial charge in [0.15, 0.2) is 5.78 Å². The summed E-state index contributed by atoms with van der Waals surface area (Å²) >= 11 is 0. The second-order valence-electron chi connectivity index (χ2n) is 8.28. The number of rotatable bonds is 6. The maximum Gasteiger partial charge on any atom is 0.191 e. The van der Waals surface area contributed by atoms with Crippen LogP contribution in [0.5, 0.6) is 0 Å². The first-order valence-corrected chi connectivity index (χ1v) is 10.2. The molecule has 1 fully saturated rings. The standard InChI is InChI=1S/C24H30NO/c26-23(17-22-13-7-11-21-12-8-14-24(21)22)19-25(15-5-2-6-16-25)18-20-9-3-1-4-10-20/h1,3-4,7,9-11,13H,2,5-6,8,12,14-19H2/q+1. The number of carbonyl (C=O) groups excluding carboxylic acids is 1. The van der Waals surface area contributed by atoms with E-state index in [2.05, 4.69) is 48.5 Å². The van der Waals surface area contributed by atoms with Crippen molar-refractivity contribution in [3.05, 3.63) is 70.8 Å². The van der Waals surface area contributed by atoms with Gasteiger partial charge in [0.1, 0.15) is 13.1 Å². The monoisotopic (exact) mass is 348 g/mol. The van der Waals surface area contributed by atoms with Crippen LogP contribution < -0.4 is 0 Å². The molecule has 2 aromatic carbocycles. The Hall–Kier alpha value is -1.93. The summed E-state index contributed by atoms with van der Waals surface area (Å²) in [6, 6.07) is 17.3. The van der Waals surface area contributed by atoms with Gasteiger partial charge in [0.2, 0.25) is 0 Å². The zero-order valence-corrected chi connectivity index (χ0v) is 15.8. The maximum absolute atomic E-state index is 13.1. The van der Waals surface area contributed by atoms with E-state index in [9.17, 15) is 4.79 Å². The molecule has 1 aliphatic heterocycles. The summed E-state index contributed by atoms with van der Waals surface area (Å²) in [6.45, 7) is 3.99. The summed E-state index contributed by atoms with van der Waals surface area (Å²) in [4.78, 5) is 13.1. The lowest BCUT2D eigenvalue weighted by Crippen LogP contribution is -2.53. The number of hydrogen-bond donors (Lipinski definition) is 0. The largest absolute Gasteiger partial charge is 0.314 e. The number of hydrogen-bond acceptors (Lipinski definition) is 1. The van der Waals surface area contributed by atoms with Crippen molar-refractivity contribution >= 4 is 5.78 Å². The highest BCUT2D eigenvalue weighted by atomic mass is 16.1. The van der Waals surface area contributed by atoms with Gasteiger partial charge in [-0.1, -0.05) is 48.5 Å². The number of ketones is 1. The van der Waals surface area contributed by atoms with Crippen LogP contribution in [-0.2, 0) is 30.6 Å². The third-order valence-electron chi connectivity index (χ3n) is 6.27. The Morgan fingerprint density at radius 2 is 1.65 bits per heavy atom. The molecule has 1 heterocycles. The fourth-order valence-corrected chi connectivity index (χ4v) is 5.03. The molecule has 2 heteroatoms. The topological polar surface area (TPSA) is 17.1 Å². The van der Waals surface area contributed by atoms with Crippen molar-refractivity contribution in [3.63, 3.8) is 0 Å². The van der Waals surface area contributed by atoms with Gasteiger partial charge in [-0.2, -0.15) is 0 Å². The van der Waals surface area contributed by atoms with E-state index in [4.69, 9.17) is 0 Å². The molecule has 0 aromatic heterocycles. The summed E-state index contributed by atoms with van der Waals surface area (Å²) in [5, 5.41) is 0. The smallest absolute Gasteiger partial charge is 0.191 e. The number of nitrogens with zero attached hydrogens (tertiary/aromatic N) is 1. The molecule has 2 nitrogen and oxygen atoms in total. The second kappa shape index (κ2) is 7.75. The van der Waals surface area contributed by atoms with Crippen molar-refractivity contribution in [1.29, 1.82) is 0 Å². The van der Waals surface area contributed by atoms with Crippen molar-refractivity contribution in [2.45, 2.75) is 51.5 Å². The zero-order valence-electron chi connectivity index (χ0n) is 15.8. The highest BCUT2D eigenvalue weighted by molar-refractivity contribution is 5.82. The third-order valence-corrected chi connectivity index (χ3v) is 6.27. The number of piperidine rings is 1. The van der Waals surface area contributed by atoms with Crippen LogP contribution in [-0.4, -0.2) is 29.9 Å². The van der Waals surface area contributed by atoms with Gasteiger partial charge in [-0.3, -0.25) is 4.79 Å². The summed E-state index contributed by atoms with van der Waals surface area (Å²) in [5.41, 5.74) is 5.60. The van der Waals surface area contributed by atoms with Crippen molar-refractivity contribution < 1.29 is 9.28 Å². The first kappa shape index (κ1) is 17.5. The molecular weight excluding hydrogens is 318 g/mol. The number of aryl methyl sites for hydroxylation is 1. The zero-order chi connectivity index (χ0) is 17.8. The molecule has 2 aliphatic rings. The van der Waals surface area contributed by atoms with Crippen LogP contribution in [0.25, 0.3) is 0 Å². The Morgan fingerprint density at radius 3 is 2.46 bits per heavy atom. The van der Waals surface area contributed by atoms with Crippen LogP contribution in [0, 0.1) is 0 Å². The normalized spacial score (nSPS) is 18.5. The lowest BCUT2D eigenvalue weighted by atomic mass is 9.97. The van der Waals surface area contributed by atoms with Gasteiger partial charge in [-0.05, 0) is 55.2 Å². The van der Waals surface area contributed by atoms with Crippen molar-refractivity contribution in [3.8, 4) is 0 Å². The Bertz CT molecular complexity index is 759. The molecule has 0 bridgehead atoms. The quantitative estimate of drug-likeness (QED) is 0.703. The molecule has 0 radical (unpaired) electrons. The number of fused-ring (bicyclic) bond motifs is 1. The van der Waals surface area contributed by atoms with E-state index >= 15 is 0 Å². The minimum absolute atomic E-state index is 0.420. The Morgan fingerprint density at radius 1 is 0.846 bits per heavy atom. The average molecular weight is 349 g/mol. The Balaban J connectivity index is 1.49. The van der Waals surface area contributed by atoms with E-state index in [1.54, 1.807) is 0 Å². The summed E-state index contributed by atoms with van der Waals surface area (Å²) in [5.74, 6) is 0.420. The molecule has 26 heavy (non-hydrogen) atoms. The SMILES string of the molecule is O=C(Cc1cccc2c1CCC2)C[N+]1(Cc2ccccc2)CCCCC1. The summed E-state index contributed by atoms with van der Waals surface area (Å²) < 4.78 is 0.956. The highest BCUT2D eigenvalue weighted by Crippen LogP contribution is 2.27. The molecule has 1 aliphatic carbocycles. The summed E-state index contributed by atoms with van der Waals surface area (Å²) in [6.07, 6.45) is 8.03. The molecule has 0 unspecified atom stereocenters. The molecule has 0 saturated carbocycles. The first-order chi connectivity index (χ1) is 12.7. The molecule has 0 N–H and O–H groups in total. The lowest BCUT2D eigenvalue weighted by Gasteiger charge is -2.41. The van der Waals surface area contributed by atoms with E-state index < -0.39 is 0 Å². The van der Waals surface area contributed by atoms with E-state index in [1.165, 1.54) is 54.4 Å².